The first-order chi connectivity index (χ1) is 8.14. The summed E-state index contributed by atoms with van der Waals surface area (Å²) in [4.78, 5) is 11.9. The van der Waals surface area contributed by atoms with Gasteiger partial charge in [0.2, 0.25) is 5.91 Å². The Hall–Kier alpha value is -0.570. The van der Waals surface area contributed by atoms with E-state index in [4.69, 9.17) is 5.73 Å². The average Bonchev–Trinajstić information content (AvgIpc) is 2.22. The monoisotopic (exact) mass is 238 g/mol. The lowest BCUT2D eigenvalue weighted by Gasteiger charge is -2.43. The number of rotatable bonds is 6. The lowest BCUT2D eigenvalue weighted by Crippen LogP contribution is -2.45. The van der Waals surface area contributed by atoms with Crippen LogP contribution in [0, 0.1) is 10.8 Å². The summed E-state index contributed by atoms with van der Waals surface area (Å²) in [5.74, 6) is 0.217. The van der Waals surface area contributed by atoms with Gasteiger partial charge in [0.05, 0.1) is 0 Å². The molecule has 1 amide bonds. The van der Waals surface area contributed by atoms with Crippen LogP contribution in [0.2, 0.25) is 0 Å². The van der Waals surface area contributed by atoms with E-state index in [1.54, 1.807) is 0 Å². The molecule has 2 fully saturated rings. The maximum absolute atomic E-state index is 11.9. The van der Waals surface area contributed by atoms with E-state index in [-0.39, 0.29) is 11.3 Å². The number of nitrogens with one attached hydrogen (secondary N) is 1. The second-order valence-corrected chi connectivity index (χ2v) is 6.22. The molecule has 0 aliphatic heterocycles. The minimum Gasteiger partial charge on any atom is -0.356 e. The van der Waals surface area contributed by atoms with Crippen molar-refractivity contribution >= 4 is 5.91 Å². The summed E-state index contributed by atoms with van der Waals surface area (Å²) in [5, 5.41) is 3.14. The van der Waals surface area contributed by atoms with Gasteiger partial charge in [0.25, 0.3) is 0 Å². The van der Waals surface area contributed by atoms with Gasteiger partial charge in [0, 0.05) is 13.0 Å². The molecule has 3 nitrogen and oxygen atoms in total. The van der Waals surface area contributed by atoms with Crippen LogP contribution in [0.15, 0.2) is 0 Å². The molecule has 2 saturated carbocycles. The Morgan fingerprint density at radius 1 is 1.18 bits per heavy atom. The van der Waals surface area contributed by atoms with Gasteiger partial charge in [-0.05, 0) is 49.5 Å². The summed E-state index contributed by atoms with van der Waals surface area (Å²) in [5.41, 5.74) is 6.35. The molecule has 17 heavy (non-hydrogen) atoms. The largest absolute Gasteiger partial charge is 0.356 e. The van der Waals surface area contributed by atoms with Gasteiger partial charge in [-0.3, -0.25) is 4.79 Å². The molecule has 2 rings (SSSR count). The van der Waals surface area contributed by atoms with Crippen LogP contribution in [0.5, 0.6) is 0 Å². The molecule has 2 aliphatic rings. The maximum Gasteiger partial charge on any atom is 0.220 e. The molecule has 0 unspecified atom stereocenters. The third kappa shape index (κ3) is 2.65. The highest BCUT2D eigenvalue weighted by Gasteiger charge is 2.39. The molecule has 0 aromatic carbocycles. The topological polar surface area (TPSA) is 55.1 Å². The van der Waals surface area contributed by atoms with E-state index >= 15 is 0 Å². The van der Waals surface area contributed by atoms with Gasteiger partial charge >= 0.3 is 0 Å². The predicted octanol–water partition coefficient (Wildman–Crippen LogP) is 2.20. The van der Waals surface area contributed by atoms with Crippen molar-refractivity contribution in [1.82, 2.24) is 5.32 Å². The number of nitrogens with two attached hydrogens (primary N) is 1. The Labute approximate surface area is 105 Å². The van der Waals surface area contributed by atoms with Crippen molar-refractivity contribution in [2.45, 2.75) is 58.3 Å². The molecule has 0 heterocycles. The summed E-state index contributed by atoms with van der Waals surface area (Å²) >= 11 is 0. The lowest BCUT2D eigenvalue weighted by molar-refractivity contribution is -0.125. The maximum atomic E-state index is 11.9. The third-order valence-electron chi connectivity index (χ3n) is 5.21. The molecular weight excluding hydrogens is 212 g/mol. The highest BCUT2D eigenvalue weighted by molar-refractivity contribution is 5.76. The lowest BCUT2D eigenvalue weighted by atomic mass is 9.66. The molecular formula is C14H26N2O. The highest BCUT2D eigenvalue weighted by Crippen LogP contribution is 2.44. The zero-order valence-corrected chi connectivity index (χ0v) is 11.1. The summed E-state index contributed by atoms with van der Waals surface area (Å²) in [7, 11) is 0. The van der Waals surface area contributed by atoms with Gasteiger partial charge in [0.1, 0.15) is 0 Å². The average molecular weight is 238 g/mol. The normalized spacial score (nSPS) is 24.6. The van der Waals surface area contributed by atoms with Crippen molar-refractivity contribution < 1.29 is 4.79 Å². The summed E-state index contributed by atoms with van der Waals surface area (Å²) in [6.45, 7) is 3.78. The van der Waals surface area contributed by atoms with E-state index in [0.717, 1.165) is 19.4 Å². The quantitative estimate of drug-likeness (QED) is 0.745. The van der Waals surface area contributed by atoms with E-state index in [0.29, 0.717) is 18.4 Å². The van der Waals surface area contributed by atoms with E-state index in [9.17, 15) is 4.79 Å². The van der Waals surface area contributed by atoms with Crippen LogP contribution >= 0.6 is 0 Å². The predicted molar refractivity (Wildman–Crippen MR) is 69.5 cm³/mol. The summed E-state index contributed by atoms with van der Waals surface area (Å²) in [6, 6.07) is 0. The standard InChI is InChI=1S/C14H26N2O/c1-2-13(5-3-6-13)11-16-12(17)9-14(10-15)7-4-8-14/h2-11,15H2,1H3,(H,16,17). The Morgan fingerprint density at radius 2 is 1.76 bits per heavy atom. The van der Waals surface area contributed by atoms with Crippen molar-refractivity contribution in [3.63, 3.8) is 0 Å². The first-order valence-corrected chi connectivity index (χ1v) is 7.11. The molecule has 2 aliphatic carbocycles. The van der Waals surface area contributed by atoms with E-state index in [1.165, 1.54) is 32.1 Å². The molecule has 0 radical (unpaired) electrons. The minimum atomic E-state index is 0.142. The molecule has 0 aromatic heterocycles. The summed E-state index contributed by atoms with van der Waals surface area (Å²) in [6.07, 6.45) is 9.24. The van der Waals surface area contributed by atoms with E-state index in [2.05, 4.69) is 12.2 Å². The van der Waals surface area contributed by atoms with Gasteiger partial charge in [-0.15, -0.1) is 0 Å². The fraction of sp³-hybridized carbons (Fsp3) is 0.929. The number of hydrogen-bond donors (Lipinski definition) is 2. The van der Waals surface area contributed by atoms with Crippen molar-refractivity contribution in [3.8, 4) is 0 Å². The Balaban J connectivity index is 1.74. The Kier molecular flexibility index (Phi) is 3.76. The molecule has 0 bridgehead atoms. The molecule has 98 valence electrons. The second-order valence-electron chi connectivity index (χ2n) is 6.22. The molecule has 0 saturated heterocycles. The van der Waals surface area contributed by atoms with Gasteiger partial charge in [-0.2, -0.15) is 0 Å². The van der Waals surface area contributed by atoms with Gasteiger partial charge in [0.15, 0.2) is 0 Å². The van der Waals surface area contributed by atoms with Crippen LogP contribution in [0.4, 0.5) is 0 Å². The summed E-state index contributed by atoms with van der Waals surface area (Å²) < 4.78 is 0. The SMILES string of the molecule is CCC1(CNC(=O)CC2(CN)CCC2)CCC1. The fourth-order valence-electron chi connectivity index (χ4n) is 3.15. The van der Waals surface area contributed by atoms with Crippen molar-refractivity contribution in [2.24, 2.45) is 16.6 Å². The number of carbonyl (C=O) groups excluding carboxylic acids is 1. The fourth-order valence-corrected chi connectivity index (χ4v) is 3.15. The van der Waals surface area contributed by atoms with Crippen molar-refractivity contribution in [1.29, 1.82) is 0 Å². The number of carbonyl (C=O) groups is 1. The van der Waals surface area contributed by atoms with Crippen molar-refractivity contribution in [3.05, 3.63) is 0 Å². The zero-order chi connectivity index (χ0) is 12.4. The van der Waals surface area contributed by atoms with Crippen LogP contribution in [0.3, 0.4) is 0 Å². The van der Waals surface area contributed by atoms with Crippen LogP contribution in [0.25, 0.3) is 0 Å². The first kappa shape index (κ1) is 12.9. The van der Waals surface area contributed by atoms with Crippen LogP contribution in [-0.2, 0) is 4.79 Å². The van der Waals surface area contributed by atoms with Crippen LogP contribution in [0.1, 0.15) is 58.3 Å². The smallest absolute Gasteiger partial charge is 0.220 e. The van der Waals surface area contributed by atoms with Gasteiger partial charge < -0.3 is 11.1 Å². The number of hydrogen-bond acceptors (Lipinski definition) is 2. The number of amides is 1. The van der Waals surface area contributed by atoms with Gasteiger partial charge in [-0.1, -0.05) is 19.8 Å². The van der Waals surface area contributed by atoms with E-state index in [1.807, 2.05) is 0 Å². The zero-order valence-electron chi connectivity index (χ0n) is 11.1. The molecule has 3 N–H and O–H groups in total. The van der Waals surface area contributed by atoms with E-state index < -0.39 is 0 Å². The third-order valence-corrected chi connectivity index (χ3v) is 5.21. The Bertz CT molecular complexity index is 269. The molecule has 3 heteroatoms. The van der Waals surface area contributed by atoms with Crippen LogP contribution < -0.4 is 11.1 Å². The van der Waals surface area contributed by atoms with Gasteiger partial charge in [-0.25, -0.2) is 0 Å². The Morgan fingerprint density at radius 3 is 2.12 bits per heavy atom. The molecule has 0 aromatic rings. The van der Waals surface area contributed by atoms with Crippen LogP contribution in [-0.4, -0.2) is 19.0 Å². The minimum absolute atomic E-state index is 0.142. The van der Waals surface area contributed by atoms with Crippen molar-refractivity contribution in [2.75, 3.05) is 13.1 Å². The first-order valence-electron chi connectivity index (χ1n) is 7.11. The second kappa shape index (κ2) is 4.97. The molecule has 0 atom stereocenters. The highest BCUT2D eigenvalue weighted by atomic mass is 16.1. The molecule has 0 spiro atoms.